The maximum atomic E-state index is 13.7. The summed E-state index contributed by atoms with van der Waals surface area (Å²) in [6, 6.07) is 12.8. The molecule has 1 aromatic carbocycles. The van der Waals surface area contributed by atoms with Crippen LogP contribution in [0.1, 0.15) is 17.5 Å². The van der Waals surface area contributed by atoms with Crippen molar-refractivity contribution in [2.24, 2.45) is 0 Å². The molecule has 5 aromatic rings. The molecule has 0 radical (unpaired) electrons. The number of aromatic nitrogens is 5. The number of rotatable bonds is 7. The summed E-state index contributed by atoms with van der Waals surface area (Å²) in [7, 11) is 0. The number of aryl methyl sites for hydroxylation is 1. The molecule has 0 saturated carbocycles. The molecule has 0 amide bonds. The van der Waals surface area contributed by atoms with Gasteiger partial charge in [0.2, 0.25) is 0 Å². The second-order valence-corrected chi connectivity index (χ2v) is 10.6. The maximum Gasteiger partial charge on any atom is 0.138 e. The van der Waals surface area contributed by atoms with Crippen LogP contribution in [-0.2, 0) is 13.1 Å². The number of phenolic OH excluding ortho intramolecular Hbond substituents is 1. The van der Waals surface area contributed by atoms with Gasteiger partial charge in [-0.25, -0.2) is 18.7 Å². The first-order valence-electron chi connectivity index (χ1n) is 13.5. The van der Waals surface area contributed by atoms with Crippen LogP contribution >= 0.6 is 0 Å². The number of aromatic hydroxyl groups is 1. The highest BCUT2D eigenvalue weighted by atomic mass is 19.1. The monoisotopic (exact) mass is 552 g/mol. The molecule has 4 aromatic heterocycles. The SMILES string of the molecule is N#Cc1cnc2[nH]c(-c3cnn(CCF)c3)cc2c1-c1ccc(N2CC3CC(C2)N3Cc2cc(F)ccc2O)nc1. The zero-order chi connectivity index (χ0) is 28.1. The molecule has 3 aliphatic rings. The molecule has 2 unspecified atom stereocenters. The molecule has 9 nitrogen and oxygen atoms in total. The third kappa shape index (κ3) is 4.46. The lowest BCUT2D eigenvalue weighted by Gasteiger charge is -2.56. The molecule has 206 valence electrons. The summed E-state index contributed by atoms with van der Waals surface area (Å²) in [5.74, 6) is 0.630. The first kappa shape index (κ1) is 25.2. The van der Waals surface area contributed by atoms with Crippen molar-refractivity contribution in [2.75, 3.05) is 24.7 Å². The van der Waals surface area contributed by atoms with Gasteiger partial charge >= 0.3 is 0 Å². The molecule has 0 aliphatic carbocycles. The minimum absolute atomic E-state index is 0.119. The number of aromatic amines is 1. The van der Waals surface area contributed by atoms with E-state index >= 15 is 0 Å². The van der Waals surface area contributed by atoms with Crippen LogP contribution in [0.3, 0.4) is 0 Å². The zero-order valence-electron chi connectivity index (χ0n) is 22.0. The quantitative estimate of drug-likeness (QED) is 0.303. The highest BCUT2D eigenvalue weighted by molar-refractivity contribution is 5.98. The largest absolute Gasteiger partial charge is 0.508 e. The Labute approximate surface area is 234 Å². The summed E-state index contributed by atoms with van der Waals surface area (Å²) in [5, 5.41) is 25.0. The first-order chi connectivity index (χ1) is 20.0. The number of piperidine rings is 1. The lowest BCUT2D eigenvalue weighted by molar-refractivity contribution is -0.00921. The first-order valence-corrected chi connectivity index (χ1v) is 13.5. The van der Waals surface area contributed by atoms with Crippen LogP contribution in [0.4, 0.5) is 14.6 Å². The van der Waals surface area contributed by atoms with Gasteiger partial charge in [0.25, 0.3) is 0 Å². The van der Waals surface area contributed by atoms with Gasteiger partial charge in [-0.1, -0.05) is 0 Å². The number of halogens is 2. The van der Waals surface area contributed by atoms with E-state index in [2.05, 4.69) is 30.9 Å². The minimum atomic E-state index is -0.496. The van der Waals surface area contributed by atoms with Gasteiger partial charge in [0.15, 0.2) is 0 Å². The molecule has 11 heteroatoms. The third-order valence-electron chi connectivity index (χ3n) is 8.14. The van der Waals surface area contributed by atoms with E-state index in [0.717, 1.165) is 53.1 Å². The predicted molar refractivity (Wildman–Crippen MR) is 149 cm³/mol. The molecule has 2 N–H and O–H groups in total. The van der Waals surface area contributed by atoms with Gasteiger partial charge in [0.1, 0.15) is 35.8 Å². The number of nitrogens with one attached hydrogen (secondary N) is 1. The summed E-state index contributed by atoms with van der Waals surface area (Å²) in [6.07, 6.45) is 7.86. The fourth-order valence-electron chi connectivity index (χ4n) is 6.07. The van der Waals surface area contributed by atoms with Crippen molar-refractivity contribution in [1.29, 1.82) is 5.26 Å². The number of hydrogen-bond donors (Lipinski definition) is 2. The summed E-state index contributed by atoms with van der Waals surface area (Å²) < 4.78 is 28.0. The van der Waals surface area contributed by atoms with E-state index in [0.29, 0.717) is 35.4 Å². The van der Waals surface area contributed by atoms with Crippen molar-refractivity contribution in [2.45, 2.75) is 31.6 Å². The molecular weight excluding hydrogens is 526 g/mol. The molecule has 0 spiro atoms. The third-order valence-corrected chi connectivity index (χ3v) is 8.14. The number of phenols is 1. The number of piperazine rings is 1. The van der Waals surface area contributed by atoms with Crippen molar-refractivity contribution in [3.05, 3.63) is 78.1 Å². The summed E-state index contributed by atoms with van der Waals surface area (Å²) in [4.78, 5) is 17.1. The van der Waals surface area contributed by atoms with Gasteiger partial charge in [-0.2, -0.15) is 10.4 Å². The summed E-state index contributed by atoms with van der Waals surface area (Å²) in [6.45, 7) is 1.79. The van der Waals surface area contributed by atoms with Crippen molar-refractivity contribution in [1.82, 2.24) is 29.6 Å². The second-order valence-electron chi connectivity index (χ2n) is 10.6. The second kappa shape index (κ2) is 9.98. The molecule has 3 aliphatic heterocycles. The molecular formula is C30H26F2N8O. The molecule has 8 rings (SSSR count). The maximum absolute atomic E-state index is 13.7. The molecule has 3 saturated heterocycles. The number of nitriles is 1. The van der Waals surface area contributed by atoms with Crippen molar-refractivity contribution in [3.8, 4) is 34.2 Å². The summed E-state index contributed by atoms with van der Waals surface area (Å²) in [5.41, 5.74) is 4.83. The topological polar surface area (TPSA) is 110 Å². The smallest absolute Gasteiger partial charge is 0.138 e. The van der Waals surface area contributed by atoms with E-state index in [4.69, 9.17) is 4.98 Å². The van der Waals surface area contributed by atoms with Crippen LogP contribution < -0.4 is 4.90 Å². The number of nitrogens with zero attached hydrogens (tertiary/aromatic N) is 7. The van der Waals surface area contributed by atoms with Gasteiger partial charge in [0, 0.05) is 77.9 Å². The Hall–Kier alpha value is -4.82. The summed E-state index contributed by atoms with van der Waals surface area (Å²) >= 11 is 0. The lowest BCUT2D eigenvalue weighted by Crippen LogP contribution is -2.68. The van der Waals surface area contributed by atoms with Crippen LogP contribution in [0.15, 0.2) is 61.2 Å². The fraction of sp³-hybridized carbons (Fsp3) is 0.267. The Kier molecular flexibility index (Phi) is 6.12. The average molecular weight is 553 g/mol. The Bertz CT molecular complexity index is 1780. The minimum Gasteiger partial charge on any atom is -0.508 e. The Morgan fingerprint density at radius 1 is 1.05 bits per heavy atom. The molecule has 7 heterocycles. The van der Waals surface area contributed by atoms with Gasteiger partial charge in [0.05, 0.1) is 24.0 Å². The standard InChI is InChI=1S/C30H26F2N8O/c31-5-6-39-14-21(13-36-39)26-9-25-29(20(10-33)12-35-30(25)37-26)18-1-4-28(34-11-18)38-16-23-8-24(17-38)40(23)15-19-7-22(32)2-3-27(19)41/h1-4,7,9,11-14,23-24,41H,5-6,8,15-17H2,(H,35,37). The predicted octanol–water partition coefficient (Wildman–Crippen LogP) is 4.64. The normalized spacial score (nSPS) is 18.4. The van der Waals surface area contributed by atoms with Gasteiger partial charge in [-0.3, -0.25) is 9.58 Å². The Morgan fingerprint density at radius 2 is 1.90 bits per heavy atom. The van der Waals surface area contributed by atoms with Crippen molar-refractivity contribution < 1.29 is 13.9 Å². The number of fused-ring (bicyclic) bond motifs is 3. The van der Waals surface area contributed by atoms with Crippen LogP contribution in [0, 0.1) is 17.1 Å². The fourth-order valence-corrected chi connectivity index (χ4v) is 6.07. The van der Waals surface area contributed by atoms with E-state index in [1.165, 1.54) is 18.2 Å². The van der Waals surface area contributed by atoms with Crippen LogP contribution in [0.2, 0.25) is 0 Å². The molecule has 41 heavy (non-hydrogen) atoms. The van der Waals surface area contributed by atoms with Crippen molar-refractivity contribution in [3.63, 3.8) is 0 Å². The Morgan fingerprint density at radius 3 is 2.66 bits per heavy atom. The lowest BCUT2D eigenvalue weighted by atomic mass is 9.86. The average Bonchev–Trinajstić information content (AvgIpc) is 3.64. The number of pyridine rings is 2. The molecule has 2 atom stereocenters. The van der Waals surface area contributed by atoms with E-state index in [-0.39, 0.29) is 18.1 Å². The zero-order valence-corrected chi connectivity index (χ0v) is 22.0. The Balaban J connectivity index is 1.12. The highest BCUT2D eigenvalue weighted by Crippen LogP contribution is 2.38. The van der Waals surface area contributed by atoms with Crippen LogP contribution in [-0.4, -0.2) is 66.6 Å². The number of hydrogen-bond acceptors (Lipinski definition) is 7. The molecule has 3 fully saturated rings. The number of benzene rings is 1. The highest BCUT2D eigenvalue weighted by Gasteiger charge is 2.44. The van der Waals surface area contributed by atoms with Crippen LogP contribution in [0.5, 0.6) is 5.75 Å². The van der Waals surface area contributed by atoms with Crippen LogP contribution in [0.25, 0.3) is 33.4 Å². The van der Waals surface area contributed by atoms with E-state index < -0.39 is 6.67 Å². The van der Waals surface area contributed by atoms with E-state index in [1.807, 2.05) is 18.2 Å². The number of alkyl halides is 1. The molecule has 2 bridgehead atoms. The van der Waals surface area contributed by atoms with Gasteiger partial charge in [-0.15, -0.1) is 0 Å². The van der Waals surface area contributed by atoms with Gasteiger partial charge in [-0.05, 0) is 42.8 Å². The van der Waals surface area contributed by atoms with Gasteiger partial charge < -0.3 is 15.0 Å². The van der Waals surface area contributed by atoms with E-state index in [1.54, 1.807) is 29.5 Å². The number of anilines is 1. The van der Waals surface area contributed by atoms with Crippen molar-refractivity contribution >= 4 is 16.9 Å². The number of H-pyrrole nitrogens is 1. The van der Waals surface area contributed by atoms with E-state index in [9.17, 15) is 19.1 Å².